The third kappa shape index (κ3) is 6.69. The molecule has 0 bridgehead atoms. The third-order valence-corrected chi connectivity index (χ3v) is 4.88. The van der Waals surface area contributed by atoms with Crippen LogP contribution in [0.15, 0.2) is 54.6 Å². The van der Waals surface area contributed by atoms with Crippen LogP contribution in [0.1, 0.15) is 23.5 Å². The number of esters is 1. The smallest absolute Gasteiger partial charge is 0.306 e. The standard InChI is InChI=1S/C20H25NO5S/c1-25-20(22)13-17(14-21)19(12-15-6-4-3-5-7-15)16-8-10-18(11-9-16)26-27(2,23)24/h3-11,17,19H,12-14,21H2,1-2H3. The number of methoxy groups -OCH3 is 1. The van der Waals surface area contributed by atoms with E-state index < -0.39 is 10.1 Å². The Labute approximate surface area is 160 Å². The highest BCUT2D eigenvalue weighted by atomic mass is 32.2. The molecule has 0 spiro atoms. The van der Waals surface area contributed by atoms with Crippen molar-refractivity contribution < 1.29 is 22.1 Å². The number of carbonyl (C=O) groups is 1. The summed E-state index contributed by atoms with van der Waals surface area (Å²) in [7, 11) is -2.22. The first-order valence-electron chi connectivity index (χ1n) is 8.62. The quantitative estimate of drug-likeness (QED) is 0.521. The van der Waals surface area contributed by atoms with Crippen LogP contribution in [0.2, 0.25) is 0 Å². The monoisotopic (exact) mass is 391 g/mol. The lowest BCUT2D eigenvalue weighted by Gasteiger charge is -2.26. The Bertz CT molecular complexity index is 834. The summed E-state index contributed by atoms with van der Waals surface area (Å²) in [6.45, 7) is 0.328. The molecule has 0 fully saturated rings. The molecule has 2 aromatic carbocycles. The SMILES string of the molecule is COC(=O)CC(CN)C(Cc1ccccc1)c1ccc(OS(C)(=O)=O)cc1. The van der Waals surface area contributed by atoms with Crippen molar-refractivity contribution in [3.63, 3.8) is 0 Å². The molecule has 0 saturated carbocycles. The van der Waals surface area contributed by atoms with Crippen LogP contribution >= 0.6 is 0 Å². The lowest BCUT2D eigenvalue weighted by atomic mass is 9.80. The first-order chi connectivity index (χ1) is 12.8. The number of hydrogen-bond acceptors (Lipinski definition) is 6. The van der Waals surface area contributed by atoms with Crippen LogP contribution in [0.25, 0.3) is 0 Å². The second-order valence-corrected chi connectivity index (χ2v) is 8.00. The van der Waals surface area contributed by atoms with Gasteiger partial charge in [0.2, 0.25) is 0 Å². The first kappa shape index (κ1) is 20.9. The van der Waals surface area contributed by atoms with E-state index in [1.54, 1.807) is 12.1 Å². The molecule has 0 aliphatic carbocycles. The van der Waals surface area contributed by atoms with E-state index in [1.165, 1.54) is 7.11 Å². The van der Waals surface area contributed by atoms with Crippen molar-refractivity contribution in [1.82, 2.24) is 0 Å². The minimum absolute atomic E-state index is 0.0243. The van der Waals surface area contributed by atoms with Crippen molar-refractivity contribution in [1.29, 1.82) is 0 Å². The van der Waals surface area contributed by atoms with Gasteiger partial charge in [0.05, 0.1) is 19.8 Å². The molecule has 2 rings (SSSR count). The molecule has 7 heteroatoms. The molecule has 2 atom stereocenters. The Morgan fingerprint density at radius 3 is 2.22 bits per heavy atom. The zero-order chi connectivity index (χ0) is 19.9. The number of benzene rings is 2. The van der Waals surface area contributed by atoms with Gasteiger partial charge in [-0.2, -0.15) is 8.42 Å². The molecule has 146 valence electrons. The molecule has 0 amide bonds. The van der Waals surface area contributed by atoms with Gasteiger partial charge in [-0.1, -0.05) is 42.5 Å². The second kappa shape index (κ2) is 9.53. The minimum Gasteiger partial charge on any atom is -0.469 e. The lowest BCUT2D eigenvalue weighted by Crippen LogP contribution is -2.27. The second-order valence-electron chi connectivity index (χ2n) is 6.43. The molecular formula is C20H25NO5S. The van der Waals surface area contributed by atoms with Crippen LogP contribution in [0.5, 0.6) is 5.75 Å². The number of ether oxygens (including phenoxy) is 1. The molecule has 2 aromatic rings. The third-order valence-electron chi connectivity index (χ3n) is 4.38. The van der Waals surface area contributed by atoms with Crippen molar-refractivity contribution in [2.45, 2.75) is 18.8 Å². The Balaban J connectivity index is 2.31. The molecule has 0 radical (unpaired) electrons. The molecule has 0 aliphatic rings. The summed E-state index contributed by atoms with van der Waals surface area (Å²) in [6, 6.07) is 16.8. The van der Waals surface area contributed by atoms with E-state index in [-0.39, 0.29) is 30.0 Å². The van der Waals surface area contributed by atoms with Gasteiger partial charge in [0, 0.05) is 0 Å². The van der Waals surface area contributed by atoms with Crippen LogP contribution in [0.4, 0.5) is 0 Å². The van der Waals surface area contributed by atoms with Gasteiger partial charge in [-0.05, 0) is 48.1 Å². The zero-order valence-corrected chi connectivity index (χ0v) is 16.3. The molecule has 0 aliphatic heterocycles. The fraction of sp³-hybridized carbons (Fsp3) is 0.350. The molecule has 0 aromatic heterocycles. The zero-order valence-electron chi connectivity index (χ0n) is 15.5. The first-order valence-corrected chi connectivity index (χ1v) is 10.4. The number of rotatable bonds is 9. The van der Waals surface area contributed by atoms with Gasteiger partial charge in [-0.15, -0.1) is 0 Å². The average molecular weight is 391 g/mol. The Hall–Kier alpha value is -2.38. The van der Waals surface area contributed by atoms with E-state index >= 15 is 0 Å². The molecule has 2 unspecified atom stereocenters. The van der Waals surface area contributed by atoms with E-state index in [1.807, 2.05) is 42.5 Å². The van der Waals surface area contributed by atoms with Crippen LogP contribution in [0, 0.1) is 5.92 Å². The van der Waals surface area contributed by atoms with Gasteiger partial charge < -0.3 is 14.7 Å². The van der Waals surface area contributed by atoms with Gasteiger partial charge in [0.1, 0.15) is 5.75 Å². The topological polar surface area (TPSA) is 95.7 Å². The Morgan fingerprint density at radius 1 is 1.07 bits per heavy atom. The van der Waals surface area contributed by atoms with E-state index in [2.05, 4.69) is 0 Å². The molecular weight excluding hydrogens is 366 g/mol. The maximum Gasteiger partial charge on any atom is 0.306 e. The summed E-state index contributed by atoms with van der Waals surface area (Å²) < 4.78 is 32.3. The maximum absolute atomic E-state index is 11.8. The van der Waals surface area contributed by atoms with Crippen LogP contribution < -0.4 is 9.92 Å². The van der Waals surface area contributed by atoms with Gasteiger partial charge in [-0.25, -0.2) is 0 Å². The molecule has 2 N–H and O–H groups in total. The van der Waals surface area contributed by atoms with Crippen molar-refractivity contribution >= 4 is 16.1 Å². The fourth-order valence-corrected chi connectivity index (χ4v) is 3.52. The minimum atomic E-state index is -3.58. The Morgan fingerprint density at radius 2 is 1.70 bits per heavy atom. The summed E-state index contributed by atoms with van der Waals surface area (Å²) in [5, 5.41) is 0. The normalized spacial score (nSPS) is 13.6. The Kier molecular flexibility index (Phi) is 7.38. The highest BCUT2D eigenvalue weighted by Crippen LogP contribution is 2.32. The molecule has 27 heavy (non-hydrogen) atoms. The number of hydrogen-bond donors (Lipinski definition) is 1. The van der Waals surface area contributed by atoms with Crippen molar-refractivity contribution in [3.05, 3.63) is 65.7 Å². The molecule has 0 saturated heterocycles. The van der Waals surface area contributed by atoms with E-state index in [9.17, 15) is 13.2 Å². The van der Waals surface area contributed by atoms with Gasteiger partial charge >= 0.3 is 16.1 Å². The van der Waals surface area contributed by atoms with Crippen molar-refractivity contribution in [2.24, 2.45) is 11.7 Å². The lowest BCUT2D eigenvalue weighted by molar-refractivity contribution is -0.141. The largest absolute Gasteiger partial charge is 0.469 e. The average Bonchev–Trinajstić information content (AvgIpc) is 2.64. The van der Waals surface area contributed by atoms with Gasteiger partial charge in [0.15, 0.2) is 0 Å². The van der Waals surface area contributed by atoms with E-state index in [4.69, 9.17) is 14.7 Å². The van der Waals surface area contributed by atoms with Crippen LogP contribution in [-0.4, -0.2) is 34.3 Å². The summed E-state index contributed by atoms with van der Waals surface area (Å²) in [4.78, 5) is 11.8. The predicted molar refractivity (Wildman–Crippen MR) is 104 cm³/mol. The maximum atomic E-state index is 11.8. The van der Waals surface area contributed by atoms with Gasteiger partial charge in [-0.3, -0.25) is 4.79 Å². The van der Waals surface area contributed by atoms with E-state index in [0.717, 1.165) is 17.4 Å². The summed E-state index contributed by atoms with van der Waals surface area (Å²) >= 11 is 0. The molecule has 6 nitrogen and oxygen atoms in total. The highest BCUT2D eigenvalue weighted by Gasteiger charge is 2.25. The number of carbonyl (C=O) groups excluding carboxylic acids is 1. The highest BCUT2D eigenvalue weighted by molar-refractivity contribution is 7.86. The van der Waals surface area contributed by atoms with E-state index in [0.29, 0.717) is 13.0 Å². The van der Waals surface area contributed by atoms with Gasteiger partial charge in [0.25, 0.3) is 0 Å². The summed E-state index contributed by atoms with van der Waals surface area (Å²) in [5.41, 5.74) is 8.05. The summed E-state index contributed by atoms with van der Waals surface area (Å²) in [5.74, 6) is -0.194. The fourth-order valence-electron chi connectivity index (χ4n) is 3.06. The van der Waals surface area contributed by atoms with Crippen molar-refractivity contribution in [2.75, 3.05) is 19.9 Å². The van der Waals surface area contributed by atoms with Crippen LogP contribution in [0.3, 0.4) is 0 Å². The summed E-state index contributed by atoms with van der Waals surface area (Å²) in [6.07, 6.45) is 1.91. The molecule has 0 heterocycles. The predicted octanol–water partition coefficient (Wildman–Crippen LogP) is 2.49. The number of nitrogens with two attached hydrogens (primary N) is 1. The van der Waals surface area contributed by atoms with Crippen molar-refractivity contribution in [3.8, 4) is 5.75 Å². The van der Waals surface area contributed by atoms with Crippen LogP contribution in [-0.2, 0) is 26.1 Å².